The van der Waals surface area contributed by atoms with Crippen molar-refractivity contribution < 1.29 is 13.2 Å². The number of aromatic nitrogens is 2. The molecule has 0 amide bonds. The third-order valence-corrected chi connectivity index (χ3v) is 4.96. The maximum atomic E-state index is 12.3. The van der Waals surface area contributed by atoms with E-state index < -0.39 is 10.0 Å². The normalized spacial score (nSPS) is 21.7. The molecular formula is C11H20N4O3S. The van der Waals surface area contributed by atoms with Crippen LogP contribution in [0.4, 0.5) is 5.82 Å². The minimum absolute atomic E-state index is 0.0317. The van der Waals surface area contributed by atoms with Gasteiger partial charge in [0.15, 0.2) is 5.82 Å². The predicted molar refractivity (Wildman–Crippen MR) is 71.0 cm³/mol. The first-order valence-electron chi connectivity index (χ1n) is 6.37. The maximum absolute atomic E-state index is 12.3. The fourth-order valence-corrected chi connectivity index (χ4v) is 3.52. The second-order valence-electron chi connectivity index (χ2n) is 4.77. The lowest BCUT2D eigenvalue weighted by Crippen LogP contribution is -2.38. The molecule has 1 aromatic rings. The van der Waals surface area contributed by atoms with Crippen LogP contribution in [0, 0.1) is 5.92 Å². The highest BCUT2D eigenvalue weighted by atomic mass is 32.2. The lowest BCUT2D eigenvalue weighted by atomic mass is 10.0. The molecule has 0 spiro atoms. The van der Waals surface area contributed by atoms with Crippen LogP contribution >= 0.6 is 0 Å². The molecule has 1 aliphatic rings. The number of hydrogen-bond donors (Lipinski definition) is 2. The molecule has 7 nitrogen and oxygen atoms in total. The van der Waals surface area contributed by atoms with Crippen LogP contribution in [0.3, 0.4) is 0 Å². The molecular weight excluding hydrogens is 268 g/mol. The molecule has 8 heteroatoms. The van der Waals surface area contributed by atoms with Gasteiger partial charge in [0.2, 0.25) is 10.0 Å². The molecule has 1 fully saturated rings. The van der Waals surface area contributed by atoms with Gasteiger partial charge in [-0.05, 0) is 20.3 Å². The van der Waals surface area contributed by atoms with Gasteiger partial charge >= 0.3 is 0 Å². The SMILES string of the molecule is CCn1cc(S(=O)(=O)NC(C)C2CCOC2)c(N)n1. The number of anilines is 1. The Kier molecular flexibility index (Phi) is 4.12. The summed E-state index contributed by atoms with van der Waals surface area (Å²) in [6.45, 7) is 5.57. The highest BCUT2D eigenvalue weighted by Gasteiger charge is 2.28. The quantitative estimate of drug-likeness (QED) is 0.805. The molecule has 0 radical (unpaired) electrons. The van der Waals surface area contributed by atoms with Gasteiger partial charge in [0, 0.05) is 31.3 Å². The summed E-state index contributed by atoms with van der Waals surface area (Å²) >= 11 is 0. The Morgan fingerprint density at radius 2 is 2.42 bits per heavy atom. The smallest absolute Gasteiger partial charge is 0.246 e. The lowest BCUT2D eigenvalue weighted by Gasteiger charge is -2.18. The Balaban J connectivity index is 2.14. The summed E-state index contributed by atoms with van der Waals surface area (Å²) in [7, 11) is -3.63. The van der Waals surface area contributed by atoms with Crippen molar-refractivity contribution in [2.45, 2.75) is 37.8 Å². The van der Waals surface area contributed by atoms with Crippen molar-refractivity contribution >= 4 is 15.8 Å². The van der Waals surface area contributed by atoms with Crippen molar-refractivity contribution in [2.24, 2.45) is 5.92 Å². The van der Waals surface area contributed by atoms with Gasteiger partial charge in [0.1, 0.15) is 4.90 Å². The van der Waals surface area contributed by atoms with E-state index >= 15 is 0 Å². The number of sulfonamides is 1. The highest BCUT2D eigenvalue weighted by Crippen LogP contribution is 2.21. The molecule has 2 unspecified atom stereocenters. The number of nitrogen functional groups attached to an aromatic ring is 1. The third-order valence-electron chi connectivity index (χ3n) is 3.38. The zero-order valence-electron chi connectivity index (χ0n) is 11.2. The number of nitrogens with zero attached hydrogens (tertiary/aromatic N) is 2. The molecule has 1 aromatic heterocycles. The molecule has 2 rings (SSSR count). The molecule has 0 bridgehead atoms. The zero-order valence-corrected chi connectivity index (χ0v) is 12.0. The fourth-order valence-electron chi connectivity index (χ4n) is 2.14. The molecule has 108 valence electrons. The second kappa shape index (κ2) is 5.48. The van der Waals surface area contributed by atoms with E-state index in [4.69, 9.17) is 10.5 Å². The largest absolute Gasteiger partial charge is 0.381 e. The average molecular weight is 288 g/mol. The summed E-state index contributed by atoms with van der Waals surface area (Å²) in [6.07, 6.45) is 2.32. The first-order chi connectivity index (χ1) is 8.94. The Morgan fingerprint density at radius 1 is 1.68 bits per heavy atom. The maximum Gasteiger partial charge on any atom is 0.246 e. The number of hydrogen-bond acceptors (Lipinski definition) is 5. The van der Waals surface area contributed by atoms with Crippen LogP contribution in [0.1, 0.15) is 20.3 Å². The van der Waals surface area contributed by atoms with Crippen molar-refractivity contribution in [3.63, 3.8) is 0 Å². The van der Waals surface area contributed by atoms with Crippen LogP contribution in [0.2, 0.25) is 0 Å². The third kappa shape index (κ3) is 3.07. The molecule has 2 heterocycles. The monoisotopic (exact) mass is 288 g/mol. The van der Waals surface area contributed by atoms with E-state index in [1.54, 1.807) is 0 Å². The van der Waals surface area contributed by atoms with Gasteiger partial charge in [-0.3, -0.25) is 4.68 Å². The van der Waals surface area contributed by atoms with Crippen LogP contribution in [0.15, 0.2) is 11.1 Å². The standard InChI is InChI=1S/C11H20N4O3S/c1-3-15-6-10(11(12)13-15)19(16,17)14-8(2)9-4-5-18-7-9/h6,8-9,14H,3-5,7H2,1-2H3,(H2,12,13). The Bertz CT molecular complexity index is 534. The Morgan fingerprint density at radius 3 is 2.95 bits per heavy atom. The van der Waals surface area contributed by atoms with Crippen LogP contribution in [0.5, 0.6) is 0 Å². The summed E-state index contributed by atoms with van der Waals surface area (Å²) in [5, 5.41) is 3.95. The number of rotatable bonds is 5. The van der Waals surface area contributed by atoms with E-state index in [9.17, 15) is 8.42 Å². The van der Waals surface area contributed by atoms with Crippen molar-refractivity contribution in [2.75, 3.05) is 18.9 Å². The molecule has 3 N–H and O–H groups in total. The van der Waals surface area contributed by atoms with E-state index in [0.29, 0.717) is 19.8 Å². The van der Waals surface area contributed by atoms with Crippen molar-refractivity contribution in [3.8, 4) is 0 Å². The number of ether oxygens (including phenoxy) is 1. The van der Waals surface area contributed by atoms with E-state index in [-0.39, 0.29) is 22.7 Å². The van der Waals surface area contributed by atoms with Gasteiger partial charge in [0.05, 0.1) is 6.61 Å². The van der Waals surface area contributed by atoms with Gasteiger partial charge in [-0.1, -0.05) is 0 Å². The van der Waals surface area contributed by atoms with Crippen LogP contribution in [-0.4, -0.2) is 37.5 Å². The van der Waals surface area contributed by atoms with Crippen molar-refractivity contribution in [3.05, 3.63) is 6.20 Å². The lowest BCUT2D eigenvalue weighted by molar-refractivity contribution is 0.180. The molecule has 2 atom stereocenters. The van der Waals surface area contributed by atoms with Gasteiger partial charge in [0.25, 0.3) is 0 Å². The summed E-state index contributed by atoms with van der Waals surface area (Å²) in [6, 6.07) is -0.183. The summed E-state index contributed by atoms with van der Waals surface area (Å²) < 4.78 is 34.0. The topological polar surface area (TPSA) is 99.2 Å². The number of aryl methyl sites for hydroxylation is 1. The van der Waals surface area contributed by atoms with Crippen molar-refractivity contribution in [1.82, 2.24) is 14.5 Å². The minimum atomic E-state index is -3.63. The van der Waals surface area contributed by atoms with E-state index in [0.717, 1.165) is 6.42 Å². The molecule has 1 aliphatic heterocycles. The molecule has 0 aliphatic carbocycles. The highest BCUT2D eigenvalue weighted by molar-refractivity contribution is 7.89. The van der Waals surface area contributed by atoms with Gasteiger partial charge in [-0.15, -0.1) is 0 Å². The van der Waals surface area contributed by atoms with E-state index in [1.165, 1.54) is 10.9 Å². The minimum Gasteiger partial charge on any atom is -0.381 e. The Labute approximate surface area is 113 Å². The molecule has 19 heavy (non-hydrogen) atoms. The van der Waals surface area contributed by atoms with E-state index in [1.807, 2.05) is 13.8 Å². The summed E-state index contributed by atoms with van der Waals surface area (Å²) in [5.74, 6) is 0.237. The van der Waals surface area contributed by atoms with Crippen LogP contribution in [-0.2, 0) is 21.3 Å². The summed E-state index contributed by atoms with van der Waals surface area (Å²) in [5.41, 5.74) is 5.66. The zero-order chi connectivity index (χ0) is 14.0. The van der Waals surface area contributed by atoms with Gasteiger partial charge in [-0.2, -0.15) is 5.10 Å². The first-order valence-corrected chi connectivity index (χ1v) is 7.85. The molecule has 0 saturated carbocycles. The molecule has 0 aromatic carbocycles. The number of nitrogens with one attached hydrogen (secondary N) is 1. The predicted octanol–water partition coefficient (Wildman–Crippen LogP) is 0.189. The molecule has 1 saturated heterocycles. The van der Waals surface area contributed by atoms with Gasteiger partial charge in [-0.25, -0.2) is 13.1 Å². The Hall–Kier alpha value is -1.12. The first kappa shape index (κ1) is 14.3. The number of nitrogens with two attached hydrogens (primary N) is 1. The van der Waals surface area contributed by atoms with Crippen molar-refractivity contribution in [1.29, 1.82) is 0 Å². The van der Waals surface area contributed by atoms with Crippen LogP contribution < -0.4 is 10.5 Å². The van der Waals surface area contributed by atoms with Gasteiger partial charge < -0.3 is 10.5 Å². The second-order valence-corrected chi connectivity index (χ2v) is 6.45. The van der Waals surface area contributed by atoms with E-state index in [2.05, 4.69) is 9.82 Å². The van der Waals surface area contributed by atoms with Crippen LogP contribution in [0.25, 0.3) is 0 Å². The summed E-state index contributed by atoms with van der Waals surface area (Å²) in [4.78, 5) is 0.0418. The fraction of sp³-hybridized carbons (Fsp3) is 0.727. The average Bonchev–Trinajstić information content (AvgIpc) is 2.96.